The van der Waals surface area contributed by atoms with Gasteiger partial charge in [-0.05, 0) is 27.2 Å². The molecular formula is C14H23N3O2S. The topological polar surface area (TPSA) is 54.5 Å². The number of amides is 1. The van der Waals surface area contributed by atoms with Crippen molar-refractivity contribution in [1.29, 1.82) is 0 Å². The van der Waals surface area contributed by atoms with E-state index in [1.54, 1.807) is 16.2 Å². The Morgan fingerprint density at radius 2 is 2.25 bits per heavy atom. The lowest BCUT2D eigenvalue weighted by Crippen LogP contribution is -2.60. The molecule has 2 rings (SSSR count). The van der Waals surface area contributed by atoms with E-state index < -0.39 is 5.60 Å². The fourth-order valence-electron chi connectivity index (χ4n) is 1.92. The van der Waals surface area contributed by atoms with Crippen LogP contribution in [0.2, 0.25) is 0 Å². The molecule has 0 spiro atoms. The molecule has 5 nitrogen and oxygen atoms in total. The van der Waals surface area contributed by atoms with Crippen LogP contribution in [0.25, 0.3) is 0 Å². The smallest absolute Gasteiger partial charge is 0.410 e. The third-order valence-electron chi connectivity index (χ3n) is 3.00. The molecule has 0 atom stereocenters. The fourth-order valence-corrected chi connectivity index (χ4v) is 2.73. The highest BCUT2D eigenvalue weighted by Crippen LogP contribution is 2.17. The molecule has 1 aromatic rings. The van der Waals surface area contributed by atoms with E-state index in [1.165, 1.54) is 9.88 Å². The molecule has 1 fully saturated rings. The summed E-state index contributed by atoms with van der Waals surface area (Å²) in [5.41, 5.74) is -0.422. The molecule has 0 unspecified atom stereocenters. The fraction of sp³-hybridized carbons (Fsp3) is 0.714. The summed E-state index contributed by atoms with van der Waals surface area (Å²) in [7, 11) is 0. The molecular weight excluding hydrogens is 274 g/mol. The Hall–Kier alpha value is -1.14. The number of nitrogens with zero attached hydrogens (tertiary/aromatic N) is 2. The summed E-state index contributed by atoms with van der Waals surface area (Å²) >= 11 is 1.75. The summed E-state index contributed by atoms with van der Waals surface area (Å²) in [5, 5.41) is 4.61. The highest BCUT2D eigenvalue weighted by molar-refractivity contribution is 7.11. The first-order chi connectivity index (χ1) is 9.37. The van der Waals surface area contributed by atoms with Gasteiger partial charge in [-0.15, -0.1) is 11.3 Å². The molecule has 1 aliphatic rings. The number of carbonyl (C=O) groups is 1. The van der Waals surface area contributed by atoms with Crippen molar-refractivity contribution in [3.8, 4) is 0 Å². The number of hydrogen-bond donors (Lipinski definition) is 1. The van der Waals surface area contributed by atoms with Gasteiger partial charge in [0.2, 0.25) is 0 Å². The molecule has 2 heterocycles. The van der Waals surface area contributed by atoms with Crippen LogP contribution in [0.15, 0.2) is 6.20 Å². The molecule has 0 aromatic carbocycles. The van der Waals surface area contributed by atoms with Crippen molar-refractivity contribution < 1.29 is 9.53 Å². The number of hydrogen-bond acceptors (Lipinski definition) is 5. The van der Waals surface area contributed by atoms with E-state index in [0.717, 1.165) is 13.0 Å². The molecule has 0 radical (unpaired) electrons. The van der Waals surface area contributed by atoms with E-state index in [9.17, 15) is 4.79 Å². The van der Waals surface area contributed by atoms with Crippen LogP contribution in [0.5, 0.6) is 0 Å². The van der Waals surface area contributed by atoms with Crippen LogP contribution in [0.1, 0.15) is 37.6 Å². The molecule has 1 aromatic heterocycles. The lowest BCUT2D eigenvalue weighted by Gasteiger charge is -2.40. The van der Waals surface area contributed by atoms with Crippen LogP contribution in [-0.4, -0.2) is 40.7 Å². The second-order valence-corrected chi connectivity index (χ2v) is 7.24. The Morgan fingerprint density at radius 1 is 1.55 bits per heavy atom. The normalized spacial score (nSPS) is 16.1. The third-order valence-corrected chi connectivity index (χ3v) is 4.14. The SMILES string of the molecule is CCc1ncc(CNC2CN(C(=O)OC(C)(C)C)C2)s1. The number of likely N-dealkylation sites (tertiary alicyclic amines) is 1. The van der Waals surface area contributed by atoms with Gasteiger partial charge in [0.15, 0.2) is 0 Å². The number of thiazole rings is 1. The molecule has 0 saturated carbocycles. The van der Waals surface area contributed by atoms with Gasteiger partial charge in [-0.3, -0.25) is 0 Å². The predicted octanol–water partition coefficient (Wildman–Crippen LogP) is 2.41. The van der Waals surface area contributed by atoms with Gasteiger partial charge in [0.05, 0.1) is 5.01 Å². The first-order valence-electron chi connectivity index (χ1n) is 7.02. The zero-order chi connectivity index (χ0) is 14.8. The van der Waals surface area contributed by atoms with E-state index in [2.05, 4.69) is 17.2 Å². The van der Waals surface area contributed by atoms with Gasteiger partial charge in [0.25, 0.3) is 0 Å². The summed E-state index contributed by atoms with van der Waals surface area (Å²) in [5.74, 6) is 0. The largest absolute Gasteiger partial charge is 0.444 e. The molecule has 1 aliphatic heterocycles. The number of nitrogens with one attached hydrogen (secondary N) is 1. The Balaban J connectivity index is 1.68. The number of aromatic nitrogens is 1. The second-order valence-electron chi connectivity index (χ2n) is 6.04. The lowest BCUT2D eigenvalue weighted by molar-refractivity contribution is 0.00521. The van der Waals surface area contributed by atoms with Crippen LogP contribution >= 0.6 is 11.3 Å². The van der Waals surface area contributed by atoms with E-state index in [-0.39, 0.29) is 6.09 Å². The van der Waals surface area contributed by atoms with Crippen molar-refractivity contribution in [2.24, 2.45) is 0 Å². The van der Waals surface area contributed by atoms with Crippen LogP contribution in [-0.2, 0) is 17.7 Å². The highest BCUT2D eigenvalue weighted by Gasteiger charge is 2.33. The van der Waals surface area contributed by atoms with Gasteiger partial charge in [0.1, 0.15) is 5.60 Å². The van der Waals surface area contributed by atoms with E-state index in [4.69, 9.17) is 4.74 Å². The zero-order valence-corrected chi connectivity index (χ0v) is 13.4. The molecule has 1 N–H and O–H groups in total. The summed E-state index contributed by atoms with van der Waals surface area (Å²) in [6, 6.07) is 0.356. The van der Waals surface area contributed by atoms with Gasteiger partial charge in [-0.25, -0.2) is 9.78 Å². The predicted molar refractivity (Wildman–Crippen MR) is 79.9 cm³/mol. The Morgan fingerprint density at radius 3 is 2.80 bits per heavy atom. The van der Waals surface area contributed by atoms with Crippen molar-refractivity contribution in [3.63, 3.8) is 0 Å². The number of rotatable bonds is 4. The average molecular weight is 297 g/mol. The maximum Gasteiger partial charge on any atom is 0.410 e. The van der Waals surface area contributed by atoms with Crippen LogP contribution < -0.4 is 5.32 Å². The maximum atomic E-state index is 11.8. The molecule has 112 valence electrons. The standard InChI is InChI=1S/C14H23N3O2S/c1-5-12-16-7-11(20-12)6-15-10-8-17(9-10)13(18)19-14(2,3)4/h7,10,15H,5-6,8-9H2,1-4H3. The van der Waals surface area contributed by atoms with Crippen molar-refractivity contribution in [1.82, 2.24) is 15.2 Å². The number of aryl methyl sites for hydroxylation is 1. The van der Waals surface area contributed by atoms with Gasteiger partial charge >= 0.3 is 6.09 Å². The lowest BCUT2D eigenvalue weighted by atomic mass is 10.1. The summed E-state index contributed by atoms with van der Waals surface area (Å²) in [6.07, 6.45) is 2.70. The molecule has 1 saturated heterocycles. The maximum absolute atomic E-state index is 11.8. The summed E-state index contributed by atoms with van der Waals surface area (Å²) in [4.78, 5) is 19.1. The van der Waals surface area contributed by atoms with Crippen molar-refractivity contribution >= 4 is 17.4 Å². The highest BCUT2D eigenvalue weighted by atomic mass is 32.1. The summed E-state index contributed by atoms with van der Waals surface area (Å²) < 4.78 is 5.32. The Labute approximate surface area is 124 Å². The monoisotopic (exact) mass is 297 g/mol. The van der Waals surface area contributed by atoms with Crippen molar-refractivity contribution in [3.05, 3.63) is 16.1 Å². The Kier molecular flexibility index (Phi) is 4.65. The first-order valence-corrected chi connectivity index (χ1v) is 7.84. The average Bonchev–Trinajstić information content (AvgIpc) is 2.72. The number of ether oxygens (including phenoxy) is 1. The minimum atomic E-state index is -0.422. The van der Waals surface area contributed by atoms with Gasteiger partial charge in [-0.1, -0.05) is 6.92 Å². The van der Waals surface area contributed by atoms with Gasteiger partial charge in [-0.2, -0.15) is 0 Å². The molecule has 0 aliphatic carbocycles. The van der Waals surface area contributed by atoms with Crippen LogP contribution in [0.4, 0.5) is 4.79 Å². The first kappa shape index (κ1) is 15.3. The zero-order valence-electron chi connectivity index (χ0n) is 12.6. The Bertz CT molecular complexity index is 461. The summed E-state index contributed by atoms with van der Waals surface area (Å²) in [6.45, 7) is 10.0. The molecule has 1 amide bonds. The minimum Gasteiger partial charge on any atom is -0.444 e. The van der Waals surface area contributed by atoms with Crippen molar-refractivity contribution in [2.45, 2.75) is 52.3 Å². The minimum absolute atomic E-state index is 0.221. The van der Waals surface area contributed by atoms with Crippen LogP contribution in [0, 0.1) is 0 Å². The van der Waals surface area contributed by atoms with Gasteiger partial charge in [0, 0.05) is 36.8 Å². The van der Waals surface area contributed by atoms with Crippen molar-refractivity contribution in [2.75, 3.05) is 13.1 Å². The van der Waals surface area contributed by atoms with Gasteiger partial charge < -0.3 is 15.0 Å². The molecule has 20 heavy (non-hydrogen) atoms. The molecule has 6 heteroatoms. The van der Waals surface area contributed by atoms with E-state index in [0.29, 0.717) is 19.1 Å². The second kappa shape index (κ2) is 6.10. The van der Waals surface area contributed by atoms with E-state index >= 15 is 0 Å². The number of carbonyl (C=O) groups excluding carboxylic acids is 1. The van der Waals surface area contributed by atoms with Crippen LogP contribution in [0.3, 0.4) is 0 Å². The van der Waals surface area contributed by atoms with E-state index in [1.807, 2.05) is 27.0 Å². The molecule has 0 bridgehead atoms. The third kappa shape index (κ3) is 4.18. The quantitative estimate of drug-likeness (QED) is 0.927.